The summed E-state index contributed by atoms with van der Waals surface area (Å²) in [4.78, 5) is 25.5. The number of hydrogen-bond acceptors (Lipinski definition) is 3. The second-order valence-electron chi connectivity index (χ2n) is 5.63. The van der Waals surface area contributed by atoms with Crippen LogP contribution in [0.25, 0.3) is 0 Å². The lowest BCUT2D eigenvalue weighted by Gasteiger charge is -2.32. The van der Waals surface area contributed by atoms with E-state index in [4.69, 9.17) is 0 Å². The Morgan fingerprint density at radius 2 is 1.75 bits per heavy atom. The number of aliphatic hydroxyl groups excluding tert-OH is 1. The molecule has 2 atom stereocenters. The highest BCUT2D eigenvalue weighted by atomic mass is 16.3. The van der Waals surface area contributed by atoms with Crippen LogP contribution in [0.1, 0.15) is 32.1 Å². The predicted molar refractivity (Wildman–Crippen MR) is 56.3 cm³/mol. The lowest BCUT2D eigenvalue weighted by molar-refractivity contribution is -0.154. The van der Waals surface area contributed by atoms with Crippen LogP contribution < -0.4 is 0 Å². The SMILES string of the molecule is O=C1C2CCC(C2)C(=O)N1CC1(CO)CC1. The first kappa shape index (κ1) is 10.3. The van der Waals surface area contributed by atoms with Crippen LogP contribution in [0.3, 0.4) is 0 Å². The van der Waals surface area contributed by atoms with Gasteiger partial charge < -0.3 is 5.11 Å². The van der Waals surface area contributed by atoms with E-state index >= 15 is 0 Å². The Balaban J connectivity index is 1.78. The number of imide groups is 1. The van der Waals surface area contributed by atoms with E-state index in [-0.39, 0.29) is 35.7 Å². The van der Waals surface area contributed by atoms with Gasteiger partial charge >= 0.3 is 0 Å². The number of rotatable bonds is 3. The first-order valence-electron chi connectivity index (χ1n) is 6.11. The van der Waals surface area contributed by atoms with Crippen molar-refractivity contribution in [2.75, 3.05) is 13.2 Å². The highest BCUT2D eigenvalue weighted by molar-refractivity contribution is 6.00. The Kier molecular flexibility index (Phi) is 2.11. The maximum atomic E-state index is 12.0. The molecule has 0 spiro atoms. The van der Waals surface area contributed by atoms with Gasteiger partial charge in [0.1, 0.15) is 0 Å². The standard InChI is InChI=1S/C12H17NO3/c14-7-12(3-4-12)6-13-10(15)8-1-2-9(5-8)11(13)16/h8-9,14H,1-7H2. The van der Waals surface area contributed by atoms with Crippen LogP contribution >= 0.6 is 0 Å². The largest absolute Gasteiger partial charge is 0.396 e. The summed E-state index contributed by atoms with van der Waals surface area (Å²) in [6.45, 7) is 0.549. The van der Waals surface area contributed by atoms with Gasteiger partial charge in [-0.05, 0) is 32.1 Å². The van der Waals surface area contributed by atoms with Gasteiger partial charge in [-0.3, -0.25) is 14.5 Å². The van der Waals surface area contributed by atoms with Gasteiger partial charge in [-0.25, -0.2) is 0 Å². The monoisotopic (exact) mass is 223 g/mol. The quantitative estimate of drug-likeness (QED) is 0.711. The molecule has 1 heterocycles. The van der Waals surface area contributed by atoms with Gasteiger partial charge in [0.15, 0.2) is 0 Å². The number of fused-ring (bicyclic) bond motifs is 2. The molecule has 2 saturated carbocycles. The van der Waals surface area contributed by atoms with Gasteiger partial charge in [-0.1, -0.05) is 0 Å². The second-order valence-corrected chi connectivity index (χ2v) is 5.63. The van der Waals surface area contributed by atoms with Gasteiger partial charge in [-0.2, -0.15) is 0 Å². The molecular weight excluding hydrogens is 206 g/mol. The zero-order valence-corrected chi connectivity index (χ0v) is 9.32. The molecule has 0 aromatic rings. The molecule has 2 aliphatic carbocycles. The third-order valence-electron chi connectivity index (χ3n) is 4.45. The molecule has 0 aromatic heterocycles. The molecular formula is C12H17NO3. The minimum Gasteiger partial charge on any atom is -0.396 e. The summed E-state index contributed by atoms with van der Waals surface area (Å²) in [5, 5.41) is 9.26. The zero-order valence-electron chi connectivity index (χ0n) is 9.32. The van der Waals surface area contributed by atoms with Gasteiger partial charge in [0.25, 0.3) is 0 Å². The van der Waals surface area contributed by atoms with E-state index in [9.17, 15) is 14.7 Å². The van der Waals surface area contributed by atoms with Crippen molar-refractivity contribution in [1.29, 1.82) is 0 Å². The fraction of sp³-hybridized carbons (Fsp3) is 0.833. The molecule has 1 N–H and O–H groups in total. The van der Waals surface area contributed by atoms with Gasteiger partial charge in [0, 0.05) is 23.8 Å². The summed E-state index contributed by atoms with van der Waals surface area (Å²) in [6, 6.07) is 0. The zero-order chi connectivity index (χ0) is 11.3. The van der Waals surface area contributed by atoms with Crippen LogP contribution in [0.4, 0.5) is 0 Å². The maximum Gasteiger partial charge on any atom is 0.232 e. The van der Waals surface area contributed by atoms with E-state index in [0.29, 0.717) is 6.54 Å². The molecule has 1 aliphatic heterocycles. The molecule has 0 radical (unpaired) electrons. The molecule has 2 amide bonds. The number of likely N-dealkylation sites (tertiary alicyclic amines) is 1. The molecule has 3 aliphatic rings. The summed E-state index contributed by atoms with van der Waals surface area (Å²) in [6.07, 6.45) is 4.39. The normalized spacial score (nSPS) is 35.7. The van der Waals surface area contributed by atoms with Crippen LogP contribution in [-0.4, -0.2) is 35.0 Å². The average Bonchev–Trinajstić information content (AvgIpc) is 2.91. The fourth-order valence-corrected chi connectivity index (χ4v) is 3.01. The third kappa shape index (κ3) is 1.39. The summed E-state index contributed by atoms with van der Waals surface area (Å²) in [7, 11) is 0. The molecule has 3 fully saturated rings. The van der Waals surface area contributed by atoms with E-state index in [1.54, 1.807) is 0 Å². The van der Waals surface area contributed by atoms with Crippen LogP contribution in [0.15, 0.2) is 0 Å². The van der Waals surface area contributed by atoms with Crippen LogP contribution in [0.5, 0.6) is 0 Å². The van der Waals surface area contributed by atoms with Crippen molar-refractivity contribution in [1.82, 2.24) is 4.90 Å². The summed E-state index contributed by atoms with van der Waals surface area (Å²) in [5.41, 5.74) is -0.151. The van der Waals surface area contributed by atoms with E-state index < -0.39 is 0 Å². The number of nitrogens with zero attached hydrogens (tertiary/aromatic N) is 1. The van der Waals surface area contributed by atoms with Crippen molar-refractivity contribution in [2.24, 2.45) is 17.3 Å². The lowest BCUT2D eigenvalue weighted by atomic mass is 9.95. The van der Waals surface area contributed by atoms with Crippen molar-refractivity contribution in [3.8, 4) is 0 Å². The Hall–Kier alpha value is -0.900. The Bertz CT molecular complexity index is 326. The first-order chi connectivity index (χ1) is 7.65. The van der Waals surface area contributed by atoms with Crippen molar-refractivity contribution in [3.63, 3.8) is 0 Å². The minimum absolute atomic E-state index is 0.0125. The minimum atomic E-state index is -0.151. The topological polar surface area (TPSA) is 57.6 Å². The van der Waals surface area contributed by atoms with E-state index in [2.05, 4.69) is 0 Å². The van der Waals surface area contributed by atoms with Crippen molar-refractivity contribution in [2.45, 2.75) is 32.1 Å². The second kappa shape index (κ2) is 3.29. The Labute approximate surface area is 94.6 Å². The van der Waals surface area contributed by atoms with Crippen LogP contribution in [-0.2, 0) is 9.59 Å². The summed E-state index contributed by atoms with van der Waals surface area (Å²) < 4.78 is 0. The molecule has 2 unspecified atom stereocenters. The lowest BCUT2D eigenvalue weighted by Crippen LogP contribution is -2.49. The highest BCUT2D eigenvalue weighted by Crippen LogP contribution is 2.47. The number of carbonyl (C=O) groups excluding carboxylic acids is 2. The smallest absolute Gasteiger partial charge is 0.232 e. The Morgan fingerprint density at radius 1 is 1.19 bits per heavy atom. The van der Waals surface area contributed by atoms with Crippen molar-refractivity contribution < 1.29 is 14.7 Å². The highest BCUT2D eigenvalue weighted by Gasteiger charge is 2.51. The molecule has 3 rings (SSSR count). The maximum absolute atomic E-state index is 12.0. The third-order valence-corrected chi connectivity index (χ3v) is 4.45. The summed E-state index contributed by atoms with van der Waals surface area (Å²) in [5.74, 6) is 0.186. The molecule has 0 aromatic carbocycles. The van der Waals surface area contributed by atoms with Gasteiger partial charge in [0.2, 0.25) is 11.8 Å². The molecule has 16 heavy (non-hydrogen) atoms. The number of carbonyl (C=O) groups is 2. The molecule has 1 saturated heterocycles. The number of amides is 2. The van der Waals surface area contributed by atoms with E-state index in [1.165, 1.54) is 4.90 Å². The summed E-state index contributed by atoms with van der Waals surface area (Å²) >= 11 is 0. The average molecular weight is 223 g/mol. The number of hydrogen-bond donors (Lipinski definition) is 1. The van der Waals surface area contributed by atoms with Crippen molar-refractivity contribution >= 4 is 11.8 Å². The molecule has 2 bridgehead atoms. The van der Waals surface area contributed by atoms with E-state index in [1.807, 2.05) is 0 Å². The molecule has 4 heteroatoms. The number of piperidine rings is 1. The van der Waals surface area contributed by atoms with Crippen LogP contribution in [0.2, 0.25) is 0 Å². The van der Waals surface area contributed by atoms with Gasteiger partial charge in [0.05, 0.1) is 6.61 Å². The number of aliphatic hydroxyl groups is 1. The molecule has 88 valence electrons. The molecule has 4 nitrogen and oxygen atoms in total. The predicted octanol–water partition coefficient (Wildman–Crippen LogP) is 0.544. The van der Waals surface area contributed by atoms with Crippen molar-refractivity contribution in [3.05, 3.63) is 0 Å². The van der Waals surface area contributed by atoms with Gasteiger partial charge in [-0.15, -0.1) is 0 Å². The fourth-order valence-electron chi connectivity index (χ4n) is 3.01. The van der Waals surface area contributed by atoms with E-state index in [0.717, 1.165) is 32.1 Å². The first-order valence-corrected chi connectivity index (χ1v) is 6.11. The van der Waals surface area contributed by atoms with Crippen LogP contribution in [0, 0.1) is 17.3 Å². The Morgan fingerprint density at radius 3 is 2.19 bits per heavy atom.